The molecule has 0 radical (unpaired) electrons. The van der Waals surface area contributed by atoms with Crippen LogP contribution in [0.2, 0.25) is 0 Å². The second-order valence-electron chi connectivity index (χ2n) is 5.21. The van der Waals surface area contributed by atoms with Gasteiger partial charge in [-0.1, -0.05) is 43.2 Å². The molecule has 1 aromatic rings. The second kappa shape index (κ2) is 7.55. The molecule has 1 rings (SSSR count). The summed E-state index contributed by atoms with van der Waals surface area (Å²) in [6.45, 7) is 11.7. The maximum Gasteiger partial charge on any atom is 0.0470 e. The molecule has 0 saturated carbocycles. The van der Waals surface area contributed by atoms with Crippen LogP contribution in [-0.4, -0.2) is 24.5 Å². The highest BCUT2D eigenvalue weighted by Crippen LogP contribution is 2.22. The van der Waals surface area contributed by atoms with Crippen molar-refractivity contribution in [2.45, 2.75) is 46.6 Å². The molecular formula is C16H28N2. The summed E-state index contributed by atoms with van der Waals surface area (Å²) in [5.74, 6) is 0. The van der Waals surface area contributed by atoms with Crippen molar-refractivity contribution in [3.8, 4) is 0 Å². The quantitative estimate of drug-likeness (QED) is 0.801. The fourth-order valence-corrected chi connectivity index (χ4v) is 2.70. The fourth-order valence-electron chi connectivity index (χ4n) is 2.70. The molecule has 1 atom stereocenters. The van der Waals surface area contributed by atoms with Crippen LogP contribution in [0.15, 0.2) is 18.2 Å². The molecular weight excluding hydrogens is 220 g/mol. The minimum atomic E-state index is 0.364. The zero-order chi connectivity index (χ0) is 13.5. The predicted molar refractivity (Wildman–Crippen MR) is 79.9 cm³/mol. The van der Waals surface area contributed by atoms with Crippen molar-refractivity contribution in [1.82, 2.24) is 4.90 Å². The van der Waals surface area contributed by atoms with Crippen LogP contribution >= 0.6 is 0 Å². The number of nitrogens with two attached hydrogens (primary N) is 1. The van der Waals surface area contributed by atoms with Crippen molar-refractivity contribution in [2.24, 2.45) is 5.73 Å². The Morgan fingerprint density at radius 2 is 1.50 bits per heavy atom. The van der Waals surface area contributed by atoms with E-state index in [2.05, 4.69) is 50.8 Å². The Morgan fingerprint density at radius 3 is 1.89 bits per heavy atom. The van der Waals surface area contributed by atoms with Crippen LogP contribution < -0.4 is 5.73 Å². The molecule has 0 spiro atoms. The van der Waals surface area contributed by atoms with Gasteiger partial charge in [0.1, 0.15) is 0 Å². The summed E-state index contributed by atoms with van der Waals surface area (Å²) in [7, 11) is 0. The molecule has 0 heterocycles. The first kappa shape index (κ1) is 15.2. The normalized spacial score (nSPS) is 13.0. The van der Waals surface area contributed by atoms with E-state index in [0.29, 0.717) is 12.6 Å². The number of rotatable bonds is 7. The molecule has 2 N–H and O–H groups in total. The van der Waals surface area contributed by atoms with E-state index in [-0.39, 0.29) is 0 Å². The Kier molecular flexibility index (Phi) is 6.37. The minimum Gasteiger partial charge on any atom is -0.329 e. The van der Waals surface area contributed by atoms with Gasteiger partial charge in [-0.25, -0.2) is 0 Å². The van der Waals surface area contributed by atoms with Gasteiger partial charge in [0.05, 0.1) is 0 Å². The van der Waals surface area contributed by atoms with Crippen molar-refractivity contribution in [3.05, 3.63) is 34.9 Å². The van der Waals surface area contributed by atoms with Crippen molar-refractivity contribution in [3.63, 3.8) is 0 Å². The Bertz CT molecular complexity index is 334. The minimum absolute atomic E-state index is 0.364. The summed E-state index contributed by atoms with van der Waals surface area (Å²) in [4.78, 5) is 2.52. The highest BCUT2D eigenvalue weighted by molar-refractivity contribution is 5.31. The Labute approximate surface area is 112 Å². The first-order valence-electron chi connectivity index (χ1n) is 7.14. The number of aryl methyl sites for hydroxylation is 2. The molecule has 0 aliphatic carbocycles. The van der Waals surface area contributed by atoms with Crippen LogP contribution in [0.4, 0.5) is 0 Å². The molecule has 0 aliphatic heterocycles. The molecule has 2 heteroatoms. The lowest BCUT2D eigenvalue weighted by Crippen LogP contribution is -2.35. The highest BCUT2D eigenvalue weighted by Gasteiger charge is 2.18. The third kappa shape index (κ3) is 4.11. The summed E-state index contributed by atoms with van der Waals surface area (Å²) in [6, 6.07) is 7.15. The van der Waals surface area contributed by atoms with E-state index >= 15 is 0 Å². The first-order chi connectivity index (χ1) is 8.62. The lowest BCUT2D eigenvalue weighted by Gasteiger charge is -2.31. The molecule has 18 heavy (non-hydrogen) atoms. The zero-order valence-electron chi connectivity index (χ0n) is 12.4. The third-order valence-electron chi connectivity index (χ3n) is 3.31. The SMILES string of the molecule is CCCN(CCC)C(CN)c1cc(C)cc(C)c1. The van der Waals surface area contributed by atoms with E-state index in [4.69, 9.17) is 5.73 Å². The van der Waals surface area contributed by atoms with E-state index in [0.717, 1.165) is 13.1 Å². The van der Waals surface area contributed by atoms with Gasteiger partial charge < -0.3 is 5.73 Å². The number of benzene rings is 1. The lowest BCUT2D eigenvalue weighted by molar-refractivity contribution is 0.202. The Morgan fingerprint density at radius 1 is 1.00 bits per heavy atom. The van der Waals surface area contributed by atoms with E-state index in [1.807, 2.05) is 0 Å². The van der Waals surface area contributed by atoms with Crippen LogP contribution in [-0.2, 0) is 0 Å². The Hall–Kier alpha value is -0.860. The molecule has 0 saturated heterocycles. The third-order valence-corrected chi connectivity index (χ3v) is 3.31. The van der Waals surface area contributed by atoms with E-state index < -0.39 is 0 Å². The van der Waals surface area contributed by atoms with Crippen molar-refractivity contribution < 1.29 is 0 Å². The van der Waals surface area contributed by atoms with Gasteiger partial charge in [0.2, 0.25) is 0 Å². The standard InChI is InChI=1S/C16H28N2/c1-5-7-18(8-6-2)16(12-17)15-10-13(3)9-14(4)11-15/h9-11,16H,5-8,12,17H2,1-4H3. The summed E-state index contributed by atoms with van der Waals surface area (Å²) >= 11 is 0. The molecule has 0 bridgehead atoms. The van der Waals surface area contributed by atoms with E-state index in [1.54, 1.807) is 0 Å². The molecule has 0 fully saturated rings. The maximum absolute atomic E-state index is 6.02. The lowest BCUT2D eigenvalue weighted by atomic mass is 10.00. The van der Waals surface area contributed by atoms with Gasteiger partial charge in [-0.2, -0.15) is 0 Å². The topological polar surface area (TPSA) is 29.3 Å². The van der Waals surface area contributed by atoms with Gasteiger partial charge in [-0.15, -0.1) is 0 Å². The van der Waals surface area contributed by atoms with Gasteiger partial charge in [-0.05, 0) is 45.3 Å². The average molecular weight is 248 g/mol. The molecule has 0 aromatic heterocycles. The fraction of sp³-hybridized carbons (Fsp3) is 0.625. The number of nitrogens with zero attached hydrogens (tertiary/aromatic N) is 1. The van der Waals surface area contributed by atoms with Crippen molar-refractivity contribution in [2.75, 3.05) is 19.6 Å². The van der Waals surface area contributed by atoms with Crippen LogP contribution in [0.3, 0.4) is 0 Å². The van der Waals surface area contributed by atoms with Gasteiger partial charge >= 0.3 is 0 Å². The molecule has 1 unspecified atom stereocenters. The molecule has 1 aromatic carbocycles. The van der Waals surface area contributed by atoms with Crippen LogP contribution in [0.1, 0.15) is 49.4 Å². The Balaban J connectivity index is 2.97. The van der Waals surface area contributed by atoms with Crippen LogP contribution in [0.5, 0.6) is 0 Å². The first-order valence-corrected chi connectivity index (χ1v) is 7.14. The zero-order valence-corrected chi connectivity index (χ0v) is 12.4. The van der Waals surface area contributed by atoms with E-state index in [1.165, 1.54) is 29.5 Å². The summed E-state index contributed by atoms with van der Waals surface area (Å²) in [5, 5.41) is 0. The van der Waals surface area contributed by atoms with E-state index in [9.17, 15) is 0 Å². The van der Waals surface area contributed by atoms with Gasteiger partial charge in [0.25, 0.3) is 0 Å². The average Bonchev–Trinajstić information content (AvgIpc) is 2.29. The number of hydrogen-bond acceptors (Lipinski definition) is 2. The van der Waals surface area contributed by atoms with Crippen LogP contribution in [0, 0.1) is 13.8 Å². The van der Waals surface area contributed by atoms with Crippen molar-refractivity contribution in [1.29, 1.82) is 0 Å². The molecule has 102 valence electrons. The number of hydrogen-bond donors (Lipinski definition) is 1. The predicted octanol–water partition coefficient (Wildman–Crippen LogP) is 3.43. The van der Waals surface area contributed by atoms with Crippen LogP contribution in [0.25, 0.3) is 0 Å². The largest absolute Gasteiger partial charge is 0.329 e. The maximum atomic E-state index is 6.02. The molecule has 2 nitrogen and oxygen atoms in total. The molecule has 0 aliphatic rings. The van der Waals surface area contributed by atoms with Gasteiger partial charge in [-0.3, -0.25) is 4.90 Å². The summed E-state index contributed by atoms with van der Waals surface area (Å²) in [6.07, 6.45) is 2.36. The summed E-state index contributed by atoms with van der Waals surface area (Å²) in [5.41, 5.74) is 10.1. The molecule has 0 amide bonds. The second-order valence-corrected chi connectivity index (χ2v) is 5.21. The monoisotopic (exact) mass is 248 g/mol. The van der Waals surface area contributed by atoms with Gasteiger partial charge in [0, 0.05) is 12.6 Å². The smallest absolute Gasteiger partial charge is 0.0470 e. The van der Waals surface area contributed by atoms with Gasteiger partial charge in [0.15, 0.2) is 0 Å². The van der Waals surface area contributed by atoms with Crippen molar-refractivity contribution >= 4 is 0 Å². The highest BCUT2D eigenvalue weighted by atomic mass is 15.2. The summed E-state index contributed by atoms with van der Waals surface area (Å²) < 4.78 is 0.